The Hall–Kier alpha value is -1.65. The van der Waals surface area contributed by atoms with Crippen molar-refractivity contribution in [2.45, 2.75) is 33.8 Å². The van der Waals surface area contributed by atoms with E-state index in [2.05, 4.69) is 10.1 Å². The summed E-state index contributed by atoms with van der Waals surface area (Å²) in [5.41, 5.74) is 0.0924. The number of carbonyl (C=O) groups excluding carboxylic acids is 1. The number of alkyl halides is 2. The average molecular weight is 257 g/mol. The molecule has 18 heavy (non-hydrogen) atoms. The fraction of sp³-hybridized carbons (Fsp3) is 0.462. The summed E-state index contributed by atoms with van der Waals surface area (Å²) in [5.74, 6) is -0.262. The van der Waals surface area contributed by atoms with Crippen molar-refractivity contribution in [3.63, 3.8) is 0 Å². The van der Waals surface area contributed by atoms with Gasteiger partial charge in [0.05, 0.1) is 5.69 Å². The number of hydrogen-bond donors (Lipinski definition) is 1. The van der Waals surface area contributed by atoms with Gasteiger partial charge in [-0.2, -0.15) is 8.78 Å². The number of rotatable bonds is 4. The lowest BCUT2D eigenvalue weighted by molar-refractivity contribution is -0.117. The van der Waals surface area contributed by atoms with Gasteiger partial charge in [0.15, 0.2) is 0 Å². The molecule has 0 fully saturated rings. The van der Waals surface area contributed by atoms with E-state index >= 15 is 0 Å². The predicted octanol–water partition coefficient (Wildman–Crippen LogP) is 3.66. The van der Waals surface area contributed by atoms with Gasteiger partial charge in [0.1, 0.15) is 5.75 Å². The molecule has 0 aliphatic rings. The summed E-state index contributed by atoms with van der Waals surface area (Å²) in [7, 11) is 0. The molecule has 0 spiro atoms. The molecule has 0 atom stereocenters. The number of para-hydroxylation sites is 2. The fourth-order valence-corrected chi connectivity index (χ4v) is 1.44. The van der Waals surface area contributed by atoms with Gasteiger partial charge in [-0.05, 0) is 17.5 Å². The molecule has 0 aromatic heterocycles. The van der Waals surface area contributed by atoms with Crippen LogP contribution in [0.25, 0.3) is 0 Å². The summed E-state index contributed by atoms with van der Waals surface area (Å²) in [6.07, 6.45) is 0.302. The molecule has 1 aromatic carbocycles. The normalized spacial score (nSPS) is 11.4. The Morgan fingerprint density at radius 2 is 1.94 bits per heavy atom. The fourth-order valence-electron chi connectivity index (χ4n) is 1.44. The van der Waals surface area contributed by atoms with Crippen LogP contribution < -0.4 is 10.1 Å². The molecular formula is C13H17F2NO2. The van der Waals surface area contributed by atoms with Gasteiger partial charge in [0.25, 0.3) is 0 Å². The van der Waals surface area contributed by atoms with Gasteiger partial charge in [-0.15, -0.1) is 0 Å². The summed E-state index contributed by atoms with van der Waals surface area (Å²) in [6.45, 7) is 2.86. The number of amides is 1. The topological polar surface area (TPSA) is 38.3 Å². The number of halogens is 2. The summed E-state index contributed by atoms with van der Waals surface area (Å²) in [5, 5.41) is 2.58. The van der Waals surface area contributed by atoms with E-state index in [-0.39, 0.29) is 22.8 Å². The first-order valence-electron chi connectivity index (χ1n) is 5.61. The molecule has 0 aliphatic carbocycles. The van der Waals surface area contributed by atoms with Gasteiger partial charge >= 0.3 is 6.61 Å². The maximum Gasteiger partial charge on any atom is 0.387 e. The average Bonchev–Trinajstić information content (AvgIpc) is 2.17. The molecule has 0 heterocycles. The van der Waals surface area contributed by atoms with E-state index in [0.717, 1.165) is 0 Å². The lowest BCUT2D eigenvalue weighted by atomic mass is 9.92. The Morgan fingerprint density at radius 1 is 1.33 bits per heavy atom. The Kier molecular flexibility index (Phi) is 4.64. The van der Waals surface area contributed by atoms with Crippen molar-refractivity contribution in [2.75, 3.05) is 5.32 Å². The number of carbonyl (C=O) groups is 1. The summed E-state index contributed by atoms with van der Waals surface area (Å²) in [6, 6.07) is 6.12. The second-order valence-electron chi connectivity index (χ2n) is 5.16. The number of hydrogen-bond acceptors (Lipinski definition) is 2. The standard InChI is InChI=1S/C13H17F2NO2/c1-13(2,3)8-11(17)16-9-6-4-5-7-10(9)18-12(14)15/h4-7,12H,8H2,1-3H3,(H,16,17). The second-order valence-corrected chi connectivity index (χ2v) is 5.16. The molecule has 1 amide bonds. The van der Waals surface area contributed by atoms with Crippen LogP contribution >= 0.6 is 0 Å². The minimum Gasteiger partial charge on any atom is -0.433 e. The molecule has 1 aromatic rings. The predicted molar refractivity (Wildman–Crippen MR) is 65.8 cm³/mol. The third kappa shape index (κ3) is 5.12. The van der Waals surface area contributed by atoms with E-state index in [1.165, 1.54) is 12.1 Å². The zero-order valence-corrected chi connectivity index (χ0v) is 10.7. The van der Waals surface area contributed by atoms with Crippen LogP contribution in [0.3, 0.4) is 0 Å². The Bertz CT molecular complexity index is 414. The molecule has 3 nitrogen and oxygen atoms in total. The molecule has 0 radical (unpaired) electrons. The number of benzene rings is 1. The highest BCUT2D eigenvalue weighted by Gasteiger charge is 2.17. The Balaban J connectivity index is 2.75. The largest absolute Gasteiger partial charge is 0.433 e. The molecule has 0 aliphatic heterocycles. The number of anilines is 1. The van der Waals surface area contributed by atoms with Crippen LogP contribution in [-0.4, -0.2) is 12.5 Å². The van der Waals surface area contributed by atoms with Crippen molar-refractivity contribution in [1.29, 1.82) is 0 Å². The summed E-state index contributed by atoms with van der Waals surface area (Å²) < 4.78 is 28.7. The first-order chi connectivity index (χ1) is 8.28. The van der Waals surface area contributed by atoms with E-state index in [1.54, 1.807) is 12.1 Å². The van der Waals surface area contributed by atoms with Gasteiger partial charge in [0, 0.05) is 6.42 Å². The Morgan fingerprint density at radius 3 is 2.50 bits per heavy atom. The van der Waals surface area contributed by atoms with E-state index < -0.39 is 6.61 Å². The van der Waals surface area contributed by atoms with Gasteiger partial charge in [-0.25, -0.2) is 0 Å². The third-order valence-electron chi connectivity index (χ3n) is 2.07. The van der Waals surface area contributed by atoms with Crippen molar-refractivity contribution in [1.82, 2.24) is 0 Å². The van der Waals surface area contributed by atoms with Crippen LogP contribution in [0.5, 0.6) is 5.75 Å². The first-order valence-corrected chi connectivity index (χ1v) is 5.61. The van der Waals surface area contributed by atoms with Crippen molar-refractivity contribution < 1.29 is 18.3 Å². The van der Waals surface area contributed by atoms with Crippen LogP contribution in [0, 0.1) is 5.41 Å². The molecule has 5 heteroatoms. The maximum absolute atomic E-state index is 12.2. The highest BCUT2D eigenvalue weighted by atomic mass is 19.3. The van der Waals surface area contributed by atoms with Crippen molar-refractivity contribution in [3.05, 3.63) is 24.3 Å². The molecule has 100 valence electrons. The van der Waals surface area contributed by atoms with Crippen LogP contribution in [0.15, 0.2) is 24.3 Å². The summed E-state index contributed by atoms with van der Waals surface area (Å²) >= 11 is 0. The minimum atomic E-state index is -2.91. The highest BCUT2D eigenvalue weighted by molar-refractivity contribution is 5.92. The highest BCUT2D eigenvalue weighted by Crippen LogP contribution is 2.27. The van der Waals surface area contributed by atoms with Gasteiger partial charge in [-0.3, -0.25) is 4.79 Å². The molecule has 0 saturated heterocycles. The van der Waals surface area contributed by atoms with Gasteiger partial charge < -0.3 is 10.1 Å². The van der Waals surface area contributed by atoms with Crippen molar-refractivity contribution in [3.8, 4) is 5.75 Å². The van der Waals surface area contributed by atoms with Crippen LogP contribution in [0.2, 0.25) is 0 Å². The van der Waals surface area contributed by atoms with Crippen LogP contribution in [0.4, 0.5) is 14.5 Å². The molecule has 0 saturated carbocycles. The third-order valence-corrected chi connectivity index (χ3v) is 2.07. The van der Waals surface area contributed by atoms with Crippen LogP contribution in [-0.2, 0) is 4.79 Å². The molecule has 0 unspecified atom stereocenters. The summed E-state index contributed by atoms with van der Waals surface area (Å²) in [4.78, 5) is 11.7. The van der Waals surface area contributed by atoms with Gasteiger partial charge in [-0.1, -0.05) is 32.9 Å². The van der Waals surface area contributed by atoms with E-state index in [4.69, 9.17) is 0 Å². The Labute approximate surface area is 105 Å². The lowest BCUT2D eigenvalue weighted by Crippen LogP contribution is -2.20. The van der Waals surface area contributed by atoms with E-state index in [0.29, 0.717) is 6.42 Å². The first kappa shape index (κ1) is 14.4. The molecular weight excluding hydrogens is 240 g/mol. The maximum atomic E-state index is 12.2. The number of ether oxygens (including phenoxy) is 1. The van der Waals surface area contributed by atoms with E-state index in [1.807, 2.05) is 20.8 Å². The zero-order chi connectivity index (χ0) is 13.8. The van der Waals surface area contributed by atoms with E-state index in [9.17, 15) is 13.6 Å². The monoisotopic (exact) mass is 257 g/mol. The zero-order valence-electron chi connectivity index (χ0n) is 10.7. The molecule has 0 bridgehead atoms. The lowest BCUT2D eigenvalue weighted by Gasteiger charge is -2.18. The second kappa shape index (κ2) is 5.80. The smallest absolute Gasteiger partial charge is 0.387 e. The van der Waals surface area contributed by atoms with Crippen LogP contribution in [0.1, 0.15) is 27.2 Å². The minimum absolute atomic E-state index is 0.0326. The quantitative estimate of drug-likeness (QED) is 0.893. The van der Waals surface area contributed by atoms with Gasteiger partial charge in [0.2, 0.25) is 5.91 Å². The van der Waals surface area contributed by atoms with Crippen molar-refractivity contribution >= 4 is 11.6 Å². The molecule has 1 N–H and O–H groups in total. The molecule has 1 rings (SSSR count). The SMILES string of the molecule is CC(C)(C)CC(=O)Nc1ccccc1OC(F)F. The number of nitrogens with one attached hydrogen (secondary N) is 1. The van der Waals surface area contributed by atoms with Crippen molar-refractivity contribution in [2.24, 2.45) is 5.41 Å².